The zero-order valence-corrected chi connectivity index (χ0v) is 12.2. The molecule has 2 aromatic carbocycles. The molecule has 0 radical (unpaired) electrons. The van der Waals surface area contributed by atoms with Gasteiger partial charge in [0.05, 0.1) is 17.2 Å². The lowest BCUT2D eigenvalue weighted by molar-refractivity contribution is -0.0498. The molecule has 0 aliphatic carbocycles. The molecule has 0 N–H and O–H groups in total. The molecule has 7 heteroatoms. The Labute approximate surface area is 136 Å². The number of benzene rings is 2. The van der Waals surface area contributed by atoms with E-state index in [9.17, 15) is 18.4 Å². The van der Waals surface area contributed by atoms with E-state index < -0.39 is 25.0 Å². The summed E-state index contributed by atoms with van der Waals surface area (Å²) in [5.74, 6) is -1.31. The first-order valence-corrected chi connectivity index (χ1v) is 6.75. The van der Waals surface area contributed by atoms with E-state index in [-0.39, 0.29) is 16.9 Å². The number of hydrogen-bond acceptors (Lipinski definition) is 5. The predicted octanol–water partition coefficient (Wildman–Crippen LogP) is 3.20. The summed E-state index contributed by atoms with van der Waals surface area (Å²) in [6, 6.07) is 12.8. The summed E-state index contributed by atoms with van der Waals surface area (Å²) in [6.45, 7) is -3.46. The topological polar surface area (TPSA) is 76.4 Å². The second kappa shape index (κ2) is 7.83. The smallest absolute Gasteiger partial charge is 0.387 e. The van der Waals surface area contributed by atoms with Gasteiger partial charge >= 0.3 is 12.6 Å². The van der Waals surface area contributed by atoms with Crippen molar-refractivity contribution in [1.82, 2.24) is 0 Å². The Morgan fingerprint density at radius 2 is 1.79 bits per heavy atom. The molecule has 0 unspecified atom stereocenters. The SMILES string of the molecule is N#Cc1cccc(C(=O)OCC(=O)c2ccc(OC(F)F)cc2)c1. The van der Waals surface area contributed by atoms with Crippen LogP contribution in [0.3, 0.4) is 0 Å². The molecule has 0 fully saturated rings. The van der Waals surface area contributed by atoms with E-state index in [1.54, 1.807) is 0 Å². The lowest BCUT2D eigenvalue weighted by Crippen LogP contribution is -2.14. The number of nitriles is 1. The fourth-order valence-electron chi connectivity index (χ4n) is 1.84. The van der Waals surface area contributed by atoms with Gasteiger partial charge in [0.2, 0.25) is 0 Å². The molecule has 2 aromatic rings. The summed E-state index contributed by atoms with van der Waals surface area (Å²) in [5, 5.41) is 8.77. The first-order valence-electron chi connectivity index (χ1n) is 6.75. The average molecular weight is 331 g/mol. The number of ether oxygens (including phenoxy) is 2. The van der Waals surface area contributed by atoms with Crippen molar-refractivity contribution in [2.24, 2.45) is 0 Å². The standard InChI is InChI=1S/C17H11F2NO4/c18-17(19)24-14-6-4-12(5-7-14)15(21)10-23-16(22)13-3-1-2-11(8-13)9-20/h1-8,17H,10H2. The minimum Gasteiger partial charge on any atom is -0.454 e. The molecule has 2 rings (SSSR count). The van der Waals surface area contributed by atoms with Gasteiger partial charge in [0, 0.05) is 5.56 Å². The highest BCUT2D eigenvalue weighted by atomic mass is 19.3. The largest absolute Gasteiger partial charge is 0.454 e. The molecule has 0 aliphatic heterocycles. The van der Waals surface area contributed by atoms with E-state index in [4.69, 9.17) is 10.00 Å². The summed E-state index contributed by atoms with van der Waals surface area (Å²) >= 11 is 0. The Hall–Kier alpha value is -3.27. The number of carbonyl (C=O) groups is 2. The van der Waals surface area contributed by atoms with Crippen LogP contribution in [0.1, 0.15) is 26.3 Å². The van der Waals surface area contributed by atoms with Crippen molar-refractivity contribution in [1.29, 1.82) is 5.26 Å². The van der Waals surface area contributed by atoms with Crippen LogP contribution in [0.2, 0.25) is 0 Å². The van der Waals surface area contributed by atoms with Crippen molar-refractivity contribution >= 4 is 11.8 Å². The zero-order valence-electron chi connectivity index (χ0n) is 12.2. The molecule has 5 nitrogen and oxygen atoms in total. The molecule has 122 valence electrons. The number of alkyl halides is 2. The van der Waals surface area contributed by atoms with Crippen LogP contribution in [-0.2, 0) is 4.74 Å². The molecular formula is C17H11F2NO4. The van der Waals surface area contributed by atoms with Crippen LogP contribution in [0.25, 0.3) is 0 Å². The lowest BCUT2D eigenvalue weighted by Gasteiger charge is -2.06. The fraction of sp³-hybridized carbons (Fsp3) is 0.118. The molecule has 0 amide bonds. The number of ketones is 1. The van der Waals surface area contributed by atoms with Gasteiger partial charge < -0.3 is 9.47 Å². The van der Waals surface area contributed by atoms with Crippen molar-refractivity contribution in [3.63, 3.8) is 0 Å². The van der Waals surface area contributed by atoms with Crippen molar-refractivity contribution in [3.8, 4) is 11.8 Å². The van der Waals surface area contributed by atoms with Crippen LogP contribution in [0, 0.1) is 11.3 Å². The summed E-state index contributed by atoms with van der Waals surface area (Å²) in [6.07, 6.45) is 0. The van der Waals surface area contributed by atoms with Gasteiger partial charge in [0.25, 0.3) is 0 Å². The average Bonchev–Trinajstić information content (AvgIpc) is 2.59. The summed E-state index contributed by atoms with van der Waals surface area (Å²) in [7, 11) is 0. The zero-order chi connectivity index (χ0) is 17.5. The molecule has 0 atom stereocenters. The minimum absolute atomic E-state index is 0.0770. The maximum absolute atomic E-state index is 12.0. The van der Waals surface area contributed by atoms with E-state index >= 15 is 0 Å². The summed E-state index contributed by atoms with van der Waals surface area (Å²) in [4.78, 5) is 23.8. The Balaban J connectivity index is 1.95. The van der Waals surface area contributed by atoms with E-state index in [1.807, 2.05) is 6.07 Å². The van der Waals surface area contributed by atoms with Gasteiger partial charge in [-0.25, -0.2) is 4.79 Å². The Morgan fingerprint density at radius 1 is 1.08 bits per heavy atom. The van der Waals surface area contributed by atoms with Crippen LogP contribution in [-0.4, -0.2) is 25.0 Å². The third-order valence-corrected chi connectivity index (χ3v) is 2.96. The normalized spacial score (nSPS) is 10.1. The number of nitrogens with zero attached hydrogens (tertiary/aromatic N) is 1. The highest BCUT2D eigenvalue weighted by Crippen LogP contribution is 2.15. The van der Waals surface area contributed by atoms with Gasteiger partial charge in [0.1, 0.15) is 5.75 Å². The van der Waals surface area contributed by atoms with Gasteiger partial charge in [-0.05, 0) is 42.5 Å². The van der Waals surface area contributed by atoms with Gasteiger partial charge in [-0.3, -0.25) is 4.79 Å². The number of halogens is 2. The third-order valence-electron chi connectivity index (χ3n) is 2.96. The second-order valence-electron chi connectivity index (χ2n) is 4.59. The van der Waals surface area contributed by atoms with E-state index in [1.165, 1.54) is 48.5 Å². The number of rotatable bonds is 6. The number of carbonyl (C=O) groups excluding carboxylic acids is 2. The number of Topliss-reactive ketones (excluding diaryl/α,β-unsaturated/α-hetero) is 1. The van der Waals surface area contributed by atoms with Crippen LogP contribution < -0.4 is 4.74 Å². The predicted molar refractivity (Wildman–Crippen MR) is 78.8 cm³/mol. The maximum Gasteiger partial charge on any atom is 0.387 e. The number of esters is 1. The number of hydrogen-bond donors (Lipinski definition) is 0. The third kappa shape index (κ3) is 4.61. The first kappa shape index (κ1) is 17.1. The van der Waals surface area contributed by atoms with Crippen molar-refractivity contribution in [3.05, 3.63) is 65.2 Å². The highest BCUT2D eigenvalue weighted by molar-refractivity contribution is 5.99. The molecule has 0 aliphatic rings. The molecule has 0 aromatic heterocycles. The quantitative estimate of drug-likeness (QED) is 0.600. The van der Waals surface area contributed by atoms with Crippen LogP contribution in [0.5, 0.6) is 5.75 Å². The van der Waals surface area contributed by atoms with Crippen LogP contribution in [0.15, 0.2) is 48.5 Å². The van der Waals surface area contributed by atoms with Crippen LogP contribution >= 0.6 is 0 Å². The summed E-state index contributed by atoms with van der Waals surface area (Å²) < 4.78 is 33.1. The molecule has 0 bridgehead atoms. The Bertz CT molecular complexity index is 782. The minimum atomic E-state index is -2.95. The first-order chi connectivity index (χ1) is 11.5. The van der Waals surface area contributed by atoms with Gasteiger partial charge in [-0.15, -0.1) is 0 Å². The molecule has 0 saturated heterocycles. The van der Waals surface area contributed by atoms with Gasteiger partial charge in [-0.2, -0.15) is 14.0 Å². The Kier molecular flexibility index (Phi) is 5.58. The highest BCUT2D eigenvalue weighted by Gasteiger charge is 2.13. The van der Waals surface area contributed by atoms with Crippen molar-refractivity contribution in [2.75, 3.05) is 6.61 Å². The molecule has 0 spiro atoms. The Morgan fingerprint density at radius 3 is 2.42 bits per heavy atom. The molecule has 0 saturated carbocycles. The molecule has 0 heterocycles. The fourth-order valence-corrected chi connectivity index (χ4v) is 1.84. The molecular weight excluding hydrogens is 320 g/mol. The molecule has 24 heavy (non-hydrogen) atoms. The van der Waals surface area contributed by atoms with Gasteiger partial charge in [-0.1, -0.05) is 6.07 Å². The summed E-state index contributed by atoms with van der Waals surface area (Å²) in [5.41, 5.74) is 0.642. The second-order valence-corrected chi connectivity index (χ2v) is 4.59. The van der Waals surface area contributed by atoms with Crippen LogP contribution in [0.4, 0.5) is 8.78 Å². The monoisotopic (exact) mass is 331 g/mol. The van der Waals surface area contributed by atoms with Crippen molar-refractivity contribution < 1.29 is 27.8 Å². The van der Waals surface area contributed by atoms with E-state index in [0.717, 1.165) is 0 Å². The lowest BCUT2D eigenvalue weighted by atomic mass is 10.1. The van der Waals surface area contributed by atoms with Crippen molar-refractivity contribution in [2.45, 2.75) is 6.61 Å². The van der Waals surface area contributed by atoms with Gasteiger partial charge in [0.15, 0.2) is 12.4 Å². The maximum atomic E-state index is 12.0. The van der Waals surface area contributed by atoms with E-state index in [0.29, 0.717) is 5.56 Å². The van der Waals surface area contributed by atoms with E-state index in [2.05, 4.69) is 4.74 Å².